The molecule has 1 saturated carbocycles. The zero-order valence-electron chi connectivity index (χ0n) is 17.6. The van der Waals surface area contributed by atoms with Gasteiger partial charge in [-0.25, -0.2) is 0 Å². The number of hydrogen-bond donors (Lipinski definition) is 1. The zero-order valence-corrected chi connectivity index (χ0v) is 17.6. The highest BCUT2D eigenvalue weighted by atomic mass is 16.5. The lowest BCUT2D eigenvalue weighted by molar-refractivity contribution is -0.138. The van der Waals surface area contributed by atoms with E-state index in [1.165, 1.54) is 0 Å². The van der Waals surface area contributed by atoms with Gasteiger partial charge < -0.3 is 24.6 Å². The van der Waals surface area contributed by atoms with E-state index in [1.54, 1.807) is 12.0 Å². The first-order valence-electron chi connectivity index (χ1n) is 10.3. The Balaban J connectivity index is 1.81. The summed E-state index contributed by atoms with van der Waals surface area (Å²) in [5.74, 6) is 1.15. The molecule has 27 heavy (non-hydrogen) atoms. The summed E-state index contributed by atoms with van der Waals surface area (Å²) in [6.07, 6.45) is 7.48. The number of piperidine rings is 1. The maximum atomic E-state index is 12.7. The number of guanidine groups is 1. The number of likely N-dealkylation sites (tertiary alicyclic amines) is 1. The quantitative estimate of drug-likeness (QED) is 0.393. The molecule has 0 spiro atoms. The predicted octanol–water partition coefficient (Wildman–Crippen LogP) is 1.73. The highest BCUT2D eigenvalue weighted by Gasteiger charge is 2.42. The van der Waals surface area contributed by atoms with Crippen LogP contribution in [0.3, 0.4) is 0 Å². The normalized spacial score (nSPS) is 20.7. The average Bonchev–Trinajstić information content (AvgIpc) is 3.16. The van der Waals surface area contributed by atoms with E-state index >= 15 is 0 Å². The molecule has 1 aliphatic carbocycles. The summed E-state index contributed by atoms with van der Waals surface area (Å²) in [6, 6.07) is 0. The topological polar surface area (TPSA) is 66.4 Å². The number of amides is 1. The number of carbonyl (C=O) groups excluding carboxylic acids is 1. The van der Waals surface area contributed by atoms with Crippen LogP contribution in [0.4, 0.5) is 0 Å². The van der Waals surface area contributed by atoms with Crippen LogP contribution in [0.5, 0.6) is 0 Å². The molecule has 1 saturated heterocycles. The molecule has 0 aromatic rings. The largest absolute Gasteiger partial charge is 0.385 e. The number of aliphatic imine (C=N–C) groups is 1. The van der Waals surface area contributed by atoms with E-state index < -0.39 is 0 Å². The number of nitrogens with one attached hydrogen (secondary N) is 1. The van der Waals surface area contributed by atoms with E-state index in [0.29, 0.717) is 12.6 Å². The Morgan fingerprint density at radius 3 is 2.44 bits per heavy atom. The van der Waals surface area contributed by atoms with Gasteiger partial charge >= 0.3 is 0 Å². The molecule has 2 aliphatic rings. The van der Waals surface area contributed by atoms with Crippen LogP contribution in [-0.2, 0) is 14.3 Å². The fourth-order valence-electron chi connectivity index (χ4n) is 4.26. The monoisotopic (exact) mass is 382 g/mol. The number of methoxy groups -OCH3 is 1. The first-order valence-corrected chi connectivity index (χ1v) is 10.3. The van der Waals surface area contributed by atoms with Crippen molar-refractivity contribution in [1.82, 2.24) is 15.1 Å². The van der Waals surface area contributed by atoms with Crippen molar-refractivity contribution in [3.63, 3.8) is 0 Å². The van der Waals surface area contributed by atoms with Crippen molar-refractivity contribution in [3.8, 4) is 0 Å². The Hall–Kier alpha value is -1.34. The number of carbonyl (C=O) groups is 1. The molecule has 0 aromatic carbocycles. The molecule has 7 heteroatoms. The first-order chi connectivity index (χ1) is 13.0. The lowest BCUT2D eigenvalue weighted by Gasteiger charge is -2.36. The Bertz CT molecular complexity index is 482. The van der Waals surface area contributed by atoms with Crippen molar-refractivity contribution >= 4 is 11.9 Å². The predicted molar refractivity (Wildman–Crippen MR) is 108 cm³/mol. The lowest BCUT2D eigenvalue weighted by atomic mass is 9.84. The summed E-state index contributed by atoms with van der Waals surface area (Å²) in [5, 5.41) is 3.50. The van der Waals surface area contributed by atoms with Crippen molar-refractivity contribution in [2.45, 2.75) is 51.0 Å². The number of ether oxygens (including phenoxy) is 2. The standard InChI is InChI=1S/C20H38N4O3/c1-21-19(22-16-20(10-5-6-11-20)18(25)23(2)3)24-12-8-17(9-13-24)27-15-7-14-26-4/h17H,5-16H2,1-4H3,(H,21,22). The summed E-state index contributed by atoms with van der Waals surface area (Å²) < 4.78 is 11.0. The Morgan fingerprint density at radius 2 is 1.89 bits per heavy atom. The van der Waals surface area contributed by atoms with E-state index in [-0.39, 0.29) is 11.3 Å². The zero-order chi connectivity index (χ0) is 19.7. The van der Waals surface area contributed by atoms with Gasteiger partial charge in [-0.2, -0.15) is 0 Å². The van der Waals surface area contributed by atoms with Crippen molar-refractivity contribution in [1.29, 1.82) is 0 Å². The summed E-state index contributed by atoms with van der Waals surface area (Å²) >= 11 is 0. The molecule has 0 bridgehead atoms. The van der Waals surface area contributed by atoms with Crippen molar-refractivity contribution in [2.75, 3.05) is 61.1 Å². The van der Waals surface area contributed by atoms with E-state index in [1.807, 2.05) is 21.1 Å². The van der Waals surface area contributed by atoms with Crippen LogP contribution in [0.15, 0.2) is 4.99 Å². The summed E-state index contributed by atoms with van der Waals surface area (Å²) in [4.78, 5) is 21.2. The van der Waals surface area contributed by atoms with Gasteiger partial charge in [0.25, 0.3) is 0 Å². The molecule has 2 rings (SSSR count). The maximum Gasteiger partial charge on any atom is 0.230 e. The summed E-state index contributed by atoms with van der Waals surface area (Å²) in [6.45, 7) is 4.06. The molecular weight excluding hydrogens is 344 g/mol. The second kappa shape index (κ2) is 10.9. The van der Waals surface area contributed by atoms with Gasteiger partial charge in [-0.05, 0) is 32.1 Å². The van der Waals surface area contributed by atoms with Crippen LogP contribution < -0.4 is 5.32 Å². The molecule has 1 amide bonds. The molecule has 1 aliphatic heterocycles. The van der Waals surface area contributed by atoms with Gasteiger partial charge in [0.1, 0.15) is 0 Å². The van der Waals surface area contributed by atoms with Crippen LogP contribution in [-0.4, -0.2) is 88.9 Å². The number of hydrogen-bond acceptors (Lipinski definition) is 4. The van der Waals surface area contributed by atoms with Gasteiger partial charge in [-0.3, -0.25) is 9.79 Å². The van der Waals surface area contributed by atoms with Crippen LogP contribution in [0.25, 0.3) is 0 Å². The minimum atomic E-state index is -0.276. The van der Waals surface area contributed by atoms with Crippen LogP contribution >= 0.6 is 0 Å². The van der Waals surface area contributed by atoms with Crippen molar-refractivity contribution in [2.24, 2.45) is 10.4 Å². The number of rotatable bonds is 8. The van der Waals surface area contributed by atoms with Crippen LogP contribution in [0.2, 0.25) is 0 Å². The fraction of sp³-hybridized carbons (Fsp3) is 0.900. The summed E-state index contributed by atoms with van der Waals surface area (Å²) in [7, 11) is 7.26. The molecule has 1 heterocycles. The van der Waals surface area contributed by atoms with E-state index in [0.717, 1.165) is 77.2 Å². The average molecular weight is 383 g/mol. The van der Waals surface area contributed by atoms with Gasteiger partial charge in [0.2, 0.25) is 5.91 Å². The molecule has 0 radical (unpaired) electrons. The van der Waals surface area contributed by atoms with Crippen molar-refractivity contribution in [3.05, 3.63) is 0 Å². The van der Waals surface area contributed by atoms with E-state index in [9.17, 15) is 4.79 Å². The number of nitrogens with zero attached hydrogens (tertiary/aromatic N) is 3. The van der Waals surface area contributed by atoms with Gasteiger partial charge in [-0.1, -0.05) is 12.8 Å². The highest BCUT2D eigenvalue weighted by molar-refractivity contribution is 5.85. The second-order valence-electron chi connectivity index (χ2n) is 7.99. The van der Waals surface area contributed by atoms with Gasteiger partial charge in [-0.15, -0.1) is 0 Å². The van der Waals surface area contributed by atoms with Crippen LogP contribution in [0, 0.1) is 5.41 Å². The second-order valence-corrected chi connectivity index (χ2v) is 7.99. The molecule has 7 nitrogen and oxygen atoms in total. The van der Waals surface area contributed by atoms with Gasteiger partial charge in [0.05, 0.1) is 11.5 Å². The van der Waals surface area contributed by atoms with Crippen molar-refractivity contribution < 1.29 is 14.3 Å². The molecule has 1 N–H and O–H groups in total. The van der Waals surface area contributed by atoms with Gasteiger partial charge in [0.15, 0.2) is 5.96 Å². The molecule has 0 atom stereocenters. The minimum Gasteiger partial charge on any atom is -0.385 e. The fourth-order valence-corrected chi connectivity index (χ4v) is 4.26. The highest BCUT2D eigenvalue weighted by Crippen LogP contribution is 2.39. The Kier molecular flexibility index (Phi) is 8.83. The maximum absolute atomic E-state index is 12.7. The Morgan fingerprint density at radius 1 is 1.22 bits per heavy atom. The SMILES string of the molecule is CN=C(NCC1(C(=O)N(C)C)CCCC1)N1CCC(OCCCOC)CC1. The third-order valence-corrected chi connectivity index (χ3v) is 5.81. The van der Waals surface area contributed by atoms with Crippen LogP contribution in [0.1, 0.15) is 44.9 Å². The van der Waals surface area contributed by atoms with E-state index in [2.05, 4.69) is 15.2 Å². The first kappa shape index (κ1) is 22.0. The molecule has 0 aromatic heterocycles. The smallest absolute Gasteiger partial charge is 0.230 e. The minimum absolute atomic E-state index is 0.242. The molecule has 156 valence electrons. The molecule has 0 unspecified atom stereocenters. The van der Waals surface area contributed by atoms with Gasteiger partial charge in [0, 0.05) is 61.1 Å². The van der Waals surface area contributed by atoms with E-state index in [4.69, 9.17) is 9.47 Å². The lowest BCUT2D eigenvalue weighted by Crippen LogP contribution is -2.52. The Labute approximate surface area is 164 Å². The molecule has 2 fully saturated rings. The third kappa shape index (κ3) is 6.07. The third-order valence-electron chi connectivity index (χ3n) is 5.81. The molecular formula is C20H38N4O3. The summed E-state index contributed by atoms with van der Waals surface area (Å²) in [5.41, 5.74) is -0.276.